The Kier molecular flexibility index (Phi) is 4.19. The average molecular weight is 279 g/mol. The average Bonchev–Trinajstić information content (AvgIpc) is 2.80. The molecule has 0 saturated carbocycles. The molecule has 1 heterocycles. The molecule has 3 heteroatoms. The van der Waals surface area contributed by atoms with E-state index in [4.69, 9.17) is 16.6 Å². The first-order valence-corrected chi connectivity index (χ1v) is 7.69. The molecule has 1 aromatic heterocycles. The van der Waals surface area contributed by atoms with Crippen LogP contribution in [0.3, 0.4) is 0 Å². The Bertz CT molecular complexity index is 559. The zero-order chi connectivity index (χ0) is 14.0. The quantitative estimate of drug-likeness (QED) is 0.703. The fraction of sp³-hybridized carbons (Fsp3) is 0.562. The van der Waals surface area contributed by atoms with Crippen LogP contribution < -0.4 is 0 Å². The molecule has 2 rings (SSSR count). The summed E-state index contributed by atoms with van der Waals surface area (Å²) in [5.74, 6) is 1.46. The van der Waals surface area contributed by atoms with Crippen LogP contribution in [-0.4, -0.2) is 9.55 Å². The maximum absolute atomic E-state index is 6.14. The molecule has 0 bridgehead atoms. The van der Waals surface area contributed by atoms with Gasteiger partial charge in [0.15, 0.2) is 0 Å². The monoisotopic (exact) mass is 278 g/mol. The first kappa shape index (κ1) is 14.4. The second kappa shape index (κ2) is 5.54. The zero-order valence-corrected chi connectivity index (χ0v) is 13.1. The van der Waals surface area contributed by atoms with Crippen LogP contribution >= 0.6 is 11.6 Å². The van der Waals surface area contributed by atoms with Gasteiger partial charge in [-0.25, -0.2) is 4.98 Å². The molecule has 0 spiro atoms. The van der Waals surface area contributed by atoms with Gasteiger partial charge in [-0.2, -0.15) is 0 Å². The van der Waals surface area contributed by atoms with Crippen LogP contribution in [0.5, 0.6) is 0 Å². The summed E-state index contributed by atoms with van der Waals surface area (Å²) in [6, 6.07) is 6.49. The number of benzene rings is 1. The fourth-order valence-electron chi connectivity index (χ4n) is 3.08. The van der Waals surface area contributed by atoms with Crippen molar-refractivity contribution >= 4 is 22.6 Å². The van der Waals surface area contributed by atoms with Gasteiger partial charge in [-0.3, -0.25) is 0 Å². The van der Waals surface area contributed by atoms with E-state index in [1.165, 1.54) is 11.1 Å². The standard InChI is InChI=1S/C16H23ClN2/c1-5-16(6-2,7-3)19-14-9-8-12(4)10-13(14)18-15(19)11-17/h8-10H,5-7,11H2,1-4H3. The van der Waals surface area contributed by atoms with Crippen LogP contribution in [0, 0.1) is 6.92 Å². The largest absolute Gasteiger partial charge is 0.321 e. The summed E-state index contributed by atoms with van der Waals surface area (Å²) in [4.78, 5) is 4.73. The molecule has 0 atom stereocenters. The highest BCUT2D eigenvalue weighted by Gasteiger charge is 2.30. The Morgan fingerprint density at radius 3 is 2.32 bits per heavy atom. The van der Waals surface area contributed by atoms with E-state index in [1.807, 2.05) is 0 Å². The maximum Gasteiger partial charge on any atom is 0.125 e. The Hall–Kier alpha value is -1.02. The predicted molar refractivity (Wildman–Crippen MR) is 82.9 cm³/mol. The third-order valence-corrected chi connectivity index (χ3v) is 4.69. The molecule has 1 aromatic carbocycles. The normalized spacial score (nSPS) is 12.3. The lowest BCUT2D eigenvalue weighted by Crippen LogP contribution is -2.32. The number of imidazole rings is 1. The number of fused-ring (bicyclic) bond motifs is 1. The van der Waals surface area contributed by atoms with E-state index in [0.717, 1.165) is 30.6 Å². The van der Waals surface area contributed by atoms with Crippen molar-refractivity contribution < 1.29 is 0 Å². The molecule has 0 radical (unpaired) electrons. The topological polar surface area (TPSA) is 17.8 Å². The highest BCUT2D eigenvalue weighted by Crippen LogP contribution is 2.35. The van der Waals surface area contributed by atoms with Gasteiger partial charge in [-0.05, 0) is 43.9 Å². The van der Waals surface area contributed by atoms with Crippen LogP contribution in [0.4, 0.5) is 0 Å². The van der Waals surface area contributed by atoms with E-state index in [9.17, 15) is 0 Å². The number of aromatic nitrogens is 2. The van der Waals surface area contributed by atoms with Gasteiger partial charge in [0.05, 0.1) is 16.9 Å². The van der Waals surface area contributed by atoms with E-state index in [2.05, 4.69) is 50.5 Å². The molecule has 19 heavy (non-hydrogen) atoms. The molecule has 2 aromatic rings. The first-order valence-electron chi connectivity index (χ1n) is 7.16. The second-order valence-corrected chi connectivity index (χ2v) is 5.54. The molecular formula is C16H23ClN2. The third-order valence-electron chi connectivity index (χ3n) is 4.45. The van der Waals surface area contributed by atoms with Gasteiger partial charge in [0.1, 0.15) is 5.82 Å². The van der Waals surface area contributed by atoms with Crippen LogP contribution in [0.1, 0.15) is 51.4 Å². The van der Waals surface area contributed by atoms with Crippen molar-refractivity contribution in [2.24, 2.45) is 0 Å². The van der Waals surface area contributed by atoms with Crippen molar-refractivity contribution in [3.8, 4) is 0 Å². The van der Waals surface area contributed by atoms with Crippen LogP contribution in [0.15, 0.2) is 18.2 Å². The molecule has 2 nitrogen and oxygen atoms in total. The summed E-state index contributed by atoms with van der Waals surface area (Å²) in [5, 5.41) is 0. The first-order chi connectivity index (χ1) is 9.11. The van der Waals surface area contributed by atoms with E-state index in [1.54, 1.807) is 0 Å². The molecule has 0 aliphatic carbocycles. The van der Waals surface area contributed by atoms with E-state index >= 15 is 0 Å². The van der Waals surface area contributed by atoms with Gasteiger partial charge in [0, 0.05) is 5.54 Å². The molecule has 104 valence electrons. The molecule has 0 aliphatic rings. The molecule has 0 N–H and O–H groups in total. The summed E-state index contributed by atoms with van der Waals surface area (Å²) in [6.45, 7) is 8.87. The molecule has 0 amide bonds. The predicted octanol–water partition coefficient (Wildman–Crippen LogP) is 5.01. The van der Waals surface area contributed by atoms with Crippen LogP contribution in [-0.2, 0) is 11.4 Å². The number of hydrogen-bond donors (Lipinski definition) is 0. The van der Waals surface area contributed by atoms with Gasteiger partial charge in [0.25, 0.3) is 0 Å². The van der Waals surface area contributed by atoms with Gasteiger partial charge in [-0.15, -0.1) is 11.6 Å². The number of nitrogens with zero attached hydrogens (tertiary/aromatic N) is 2. The van der Waals surface area contributed by atoms with E-state index < -0.39 is 0 Å². The second-order valence-electron chi connectivity index (χ2n) is 5.27. The van der Waals surface area contributed by atoms with Crippen LogP contribution in [0.2, 0.25) is 0 Å². The summed E-state index contributed by atoms with van der Waals surface area (Å²) >= 11 is 6.14. The summed E-state index contributed by atoms with van der Waals surface area (Å²) < 4.78 is 2.38. The van der Waals surface area contributed by atoms with Crippen molar-refractivity contribution in [1.82, 2.24) is 9.55 Å². The fourth-order valence-corrected chi connectivity index (χ4v) is 3.26. The minimum atomic E-state index is 0.133. The van der Waals surface area contributed by atoms with Gasteiger partial charge in [-0.1, -0.05) is 26.8 Å². The Labute approximate surface area is 120 Å². The van der Waals surface area contributed by atoms with Crippen molar-refractivity contribution in [3.63, 3.8) is 0 Å². The maximum atomic E-state index is 6.14. The summed E-state index contributed by atoms with van der Waals surface area (Å²) in [7, 11) is 0. The Balaban J connectivity index is 2.76. The molecular weight excluding hydrogens is 256 g/mol. The van der Waals surface area contributed by atoms with E-state index in [-0.39, 0.29) is 5.54 Å². The number of halogens is 1. The number of aryl methyl sites for hydroxylation is 1. The van der Waals surface area contributed by atoms with Crippen molar-refractivity contribution in [2.75, 3.05) is 0 Å². The number of rotatable bonds is 5. The minimum Gasteiger partial charge on any atom is -0.321 e. The molecule has 0 unspecified atom stereocenters. The lowest BCUT2D eigenvalue weighted by atomic mass is 9.89. The molecule has 0 saturated heterocycles. The SMILES string of the molecule is CCC(CC)(CC)n1c(CCl)nc2cc(C)ccc21. The highest BCUT2D eigenvalue weighted by atomic mass is 35.5. The van der Waals surface area contributed by atoms with Gasteiger partial charge >= 0.3 is 0 Å². The smallest absolute Gasteiger partial charge is 0.125 e. The van der Waals surface area contributed by atoms with Crippen molar-refractivity contribution in [2.45, 2.75) is 58.4 Å². The summed E-state index contributed by atoms with van der Waals surface area (Å²) in [6.07, 6.45) is 3.30. The highest BCUT2D eigenvalue weighted by molar-refractivity contribution is 6.16. The van der Waals surface area contributed by atoms with Gasteiger partial charge in [0.2, 0.25) is 0 Å². The van der Waals surface area contributed by atoms with Crippen LogP contribution in [0.25, 0.3) is 11.0 Å². The lowest BCUT2D eigenvalue weighted by molar-refractivity contribution is 0.253. The van der Waals surface area contributed by atoms with E-state index in [0.29, 0.717) is 5.88 Å². The van der Waals surface area contributed by atoms with Crippen molar-refractivity contribution in [3.05, 3.63) is 29.6 Å². The number of alkyl halides is 1. The molecule has 0 aliphatic heterocycles. The van der Waals surface area contributed by atoms with Gasteiger partial charge < -0.3 is 4.57 Å². The minimum absolute atomic E-state index is 0.133. The zero-order valence-electron chi connectivity index (χ0n) is 12.3. The molecule has 0 fully saturated rings. The third kappa shape index (κ3) is 2.27. The Morgan fingerprint density at radius 2 is 1.79 bits per heavy atom. The lowest BCUT2D eigenvalue weighted by Gasteiger charge is -2.34. The number of hydrogen-bond acceptors (Lipinski definition) is 1. The Morgan fingerprint density at radius 1 is 1.16 bits per heavy atom. The van der Waals surface area contributed by atoms with Crippen molar-refractivity contribution in [1.29, 1.82) is 0 Å². The summed E-state index contributed by atoms with van der Waals surface area (Å²) in [5.41, 5.74) is 3.66.